The zero-order chi connectivity index (χ0) is 13.1. The van der Waals surface area contributed by atoms with Crippen LogP contribution in [0.2, 0.25) is 0 Å². The Morgan fingerprint density at radius 2 is 2.28 bits per heavy atom. The molecule has 0 aliphatic heterocycles. The summed E-state index contributed by atoms with van der Waals surface area (Å²) < 4.78 is 0. The molecule has 0 amide bonds. The van der Waals surface area contributed by atoms with Gasteiger partial charge in [-0.05, 0) is 17.7 Å². The van der Waals surface area contributed by atoms with Crippen molar-refractivity contribution in [2.24, 2.45) is 0 Å². The summed E-state index contributed by atoms with van der Waals surface area (Å²) in [6, 6.07) is 5.24. The number of benzene rings is 1. The molecule has 2 aromatic rings. The molecule has 2 rings (SSSR count). The predicted molar refractivity (Wildman–Crippen MR) is 70.2 cm³/mol. The van der Waals surface area contributed by atoms with E-state index in [1.165, 1.54) is 6.92 Å². The first-order valence-corrected chi connectivity index (χ1v) is 6.49. The predicted octanol–water partition coefficient (Wildman–Crippen LogP) is 1.24. The minimum atomic E-state index is -1.01. The van der Waals surface area contributed by atoms with Crippen molar-refractivity contribution in [1.29, 1.82) is 0 Å². The molecule has 0 saturated carbocycles. The largest absolute Gasteiger partial charge is 0.389 e. The van der Waals surface area contributed by atoms with Crippen molar-refractivity contribution >= 4 is 27.9 Å². The highest BCUT2D eigenvalue weighted by Gasteiger charge is 2.19. The van der Waals surface area contributed by atoms with Crippen molar-refractivity contribution in [3.8, 4) is 0 Å². The van der Waals surface area contributed by atoms with Crippen LogP contribution in [0.3, 0.4) is 0 Å². The highest BCUT2D eigenvalue weighted by Crippen LogP contribution is 2.22. The summed E-state index contributed by atoms with van der Waals surface area (Å²) in [5.41, 5.74) is 2.21. The number of aliphatic hydroxyl groups is 2. The van der Waals surface area contributed by atoms with Gasteiger partial charge >= 0.3 is 0 Å². The number of carbonyl (C=O) groups excluding carboxylic acids is 1. The van der Waals surface area contributed by atoms with Gasteiger partial charge in [0.2, 0.25) is 0 Å². The molecular weight excluding hydrogens is 252 g/mol. The number of aliphatic hydroxyl groups excluding tert-OH is 2. The zero-order valence-electron chi connectivity index (χ0n) is 9.83. The van der Waals surface area contributed by atoms with Crippen LogP contribution in [-0.4, -0.2) is 37.2 Å². The van der Waals surface area contributed by atoms with Gasteiger partial charge in [0.1, 0.15) is 6.10 Å². The molecule has 0 bridgehead atoms. The molecule has 96 valence electrons. The average molecular weight is 266 g/mol. The molecule has 6 heteroatoms. The van der Waals surface area contributed by atoms with Crippen LogP contribution in [0.15, 0.2) is 24.5 Å². The van der Waals surface area contributed by atoms with Crippen LogP contribution in [0.1, 0.15) is 18.6 Å². The van der Waals surface area contributed by atoms with Gasteiger partial charge in [-0.3, -0.25) is 4.79 Å². The Bertz CT molecular complexity index is 555. The smallest absolute Gasteiger partial charge is 0.185 e. The van der Waals surface area contributed by atoms with E-state index in [-0.39, 0.29) is 10.9 Å². The molecule has 1 aromatic heterocycles. The van der Waals surface area contributed by atoms with Gasteiger partial charge in [-0.15, -0.1) is 0 Å². The summed E-state index contributed by atoms with van der Waals surface area (Å²) in [5.74, 6) is 0.178. The Labute approximate surface area is 108 Å². The Hall–Kier alpha value is -1.37. The van der Waals surface area contributed by atoms with E-state index in [2.05, 4.69) is 9.97 Å². The van der Waals surface area contributed by atoms with Crippen LogP contribution in [-0.2, 0) is 4.79 Å². The topological polar surface area (TPSA) is 86.2 Å². The Kier molecular flexibility index (Phi) is 4.00. The monoisotopic (exact) mass is 266 g/mol. The van der Waals surface area contributed by atoms with Crippen molar-refractivity contribution < 1.29 is 15.0 Å². The molecule has 0 radical (unpaired) electrons. The second-order valence-electron chi connectivity index (χ2n) is 3.99. The lowest BCUT2D eigenvalue weighted by Crippen LogP contribution is -2.21. The van der Waals surface area contributed by atoms with E-state index >= 15 is 0 Å². The number of aromatic nitrogens is 2. The van der Waals surface area contributed by atoms with Crippen molar-refractivity contribution in [3.05, 3.63) is 30.1 Å². The molecule has 1 heterocycles. The van der Waals surface area contributed by atoms with E-state index in [0.29, 0.717) is 5.56 Å². The van der Waals surface area contributed by atoms with Crippen LogP contribution in [0.4, 0.5) is 0 Å². The quantitative estimate of drug-likeness (QED) is 0.775. The third kappa shape index (κ3) is 2.90. The van der Waals surface area contributed by atoms with Gasteiger partial charge in [-0.1, -0.05) is 17.8 Å². The molecular formula is C12H14N2O3S. The summed E-state index contributed by atoms with van der Waals surface area (Å²) >= 11 is 0.999. The summed E-state index contributed by atoms with van der Waals surface area (Å²) in [4.78, 5) is 17.8. The van der Waals surface area contributed by atoms with E-state index in [4.69, 9.17) is 0 Å². The molecule has 18 heavy (non-hydrogen) atoms. The molecule has 0 spiro atoms. The van der Waals surface area contributed by atoms with Crippen molar-refractivity contribution in [2.45, 2.75) is 19.1 Å². The lowest BCUT2D eigenvalue weighted by Gasteiger charge is -2.17. The van der Waals surface area contributed by atoms with Crippen molar-refractivity contribution in [1.82, 2.24) is 9.97 Å². The lowest BCUT2D eigenvalue weighted by atomic mass is 10.0. The highest BCUT2D eigenvalue weighted by atomic mass is 32.2. The van der Waals surface area contributed by atoms with Gasteiger partial charge in [0, 0.05) is 12.7 Å². The number of carbonyl (C=O) groups is 1. The standard InChI is InChI=1S/C12H14N2O3S/c1-7(15)18-5-11(16)12(17)8-2-3-9-10(4-8)14-6-13-9/h2-4,6,11-12,16-17H,5H2,1H3,(H,13,14). The summed E-state index contributed by atoms with van der Waals surface area (Å²) in [6.07, 6.45) is -0.410. The number of thioether (sulfide) groups is 1. The van der Waals surface area contributed by atoms with E-state index in [1.54, 1.807) is 24.5 Å². The number of fused-ring (bicyclic) bond motifs is 1. The summed E-state index contributed by atoms with van der Waals surface area (Å²) in [6.45, 7) is 1.43. The molecule has 3 N–H and O–H groups in total. The number of hydrogen-bond donors (Lipinski definition) is 3. The van der Waals surface area contributed by atoms with Gasteiger partial charge < -0.3 is 15.2 Å². The van der Waals surface area contributed by atoms with E-state index in [1.807, 2.05) is 0 Å². The summed E-state index contributed by atoms with van der Waals surface area (Å²) in [7, 11) is 0. The maximum atomic E-state index is 10.8. The minimum Gasteiger partial charge on any atom is -0.389 e. The zero-order valence-corrected chi connectivity index (χ0v) is 10.6. The molecule has 2 atom stereocenters. The van der Waals surface area contributed by atoms with Crippen LogP contribution < -0.4 is 0 Å². The first-order valence-electron chi connectivity index (χ1n) is 5.50. The third-order valence-electron chi connectivity index (χ3n) is 2.61. The van der Waals surface area contributed by atoms with Crippen LogP contribution in [0.25, 0.3) is 11.0 Å². The normalized spacial score (nSPS) is 14.6. The number of imidazole rings is 1. The Morgan fingerprint density at radius 3 is 3.00 bits per heavy atom. The maximum absolute atomic E-state index is 10.8. The molecule has 0 aliphatic carbocycles. The molecule has 5 nitrogen and oxygen atoms in total. The minimum absolute atomic E-state index is 0.0785. The Morgan fingerprint density at radius 1 is 1.50 bits per heavy atom. The third-order valence-corrected chi connectivity index (χ3v) is 3.52. The molecule has 0 aliphatic rings. The van der Waals surface area contributed by atoms with Crippen molar-refractivity contribution in [3.63, 3.8) is 0 Å². The van der Waals surface area contributed by atoms with Crippen LogP contribution in [0, 0.1) is 0 Å². The molecule has 1 aromatic carbocycles. The number of aromatic amines is 1. The van der Waals surface area contributed by atoms with E-state index in [9.17, 15) is 15.0 Å². The van der Waals surface area contributed by atoms with Gasteiger partial charge in [-0.2, -0.15) is 0 Å². The molecule has 2 unspecified atom stereocenters. The lowest BCUT2D eigenvalue weighted by molar-refractivity contribution is -0.109. The van der Waals surface area contributed by atoms with Gasteiger partial charge in [0.15, 0.2) is 5.12 Å². The van der Waals surface area contributed by atoms with E-state index < -0.39 is 12.2 Å². The van der Waals surface area contributed by atoms with Gasteiger partial charge in [0.25, 0.3) is 0 Å². The molecule has 0 saturated heterocycles. The number of H-pyrrole nitrogens is 1. The fourth-order valence-electron chi connectivity index (χ4n) is 1.65. The average Bonchev–Trinajstić information content (AvgIpc) is 2.81. The summed E-state index contributed by atoms with van der Waals surface area (Å²) in [5, 5.41) is 19.7. The first-order chi connectivity index (χ1) is 8.58. The second kappa shape index (κ2) is 5.51. The van der Waals surface area contributed by atoms with Gasteiger partial charge in [0.05, 0.1) is 23.5 Å². The molecule has 0 fully saturated rings. The highest BCUT2D eigenvalue weighted by molar-refractivity contribution is 8.13. The fourth-order valence-corrected chi connectivity index (χ4v) is 2.24. The first kappa shape index (κ1) is 13.1. The number of hydrogen-bond acceptors (Lipinski definition) is 5. The SMILES string of the molecule is CC(=O)SCC(O)C(O)c1ccc2nc[nH]c2c1. The maximum Gasteiger partial charge on any atom is 0.185 e. The number of nitrogens with one attached hydrogen (secondary N) is 1. The van der Waals surface area contributed by atoms with Crippen molar-refractivity contribution in [2.75, 3.05) is 5.75 Å². The van der Waals surface area contributed by atoms with Crippen LogP contribution >= 0.6 is 11.8 Å². The Balaban J connectivity index is 2.11. The number of rotatable bonds is 4. The number of nitrogens with zero attached hydrogens (tertiary/aromatic N) is 1. The van der Waals surface area contributed by atoms with Crippen LogP contribution in [0.5, 0.6) is 0 Å². The fraction of sp³-hybridized carbons (Fsp3) is 0.333. The van der Waals surface area contributed by atoms with E-state index in [0.717, 1.165) is 22.8 Å². The van der Waals surface area contributed by atoms with Gasteiger partial charge in [-0.25, -0.2) is 4.98 Å². The second-order valence-corrected chi connectivity index (χ2v) is 5.19.